The highest BCUT2D eigenvalue weighted by molar-refractivity contribution is 5.98. The molecule has 7 heteroatoms. The molecule has 7 nitrogen and oxygen atoms in total. The molecule has 1 N–H and O–H groups in total. The summed E-state index contributed by atoms with van der Waals surface area (Å²) in [6.45, 7) is 16.1. The highest BCUT2D eigenvalue weighted by Gasteiger charge is 2.27. The maximum Gasteiger partial charge on any atom is 0.333 e. The molecule has 296 valence electrons. The largest absolute Gasteiger partial charge is 0.494 e. The van der Waals surface area contributed by atoms with Crippen LogP contribution in [0.1, 0.15) is 96.3 Å². The number of aromatic nitrogens is 2. The van der Waals surface area contributed by atoms with Crippen LogP contribution in [0.4, 0.5) is 11.4 Å². The Morgan fingerprint density at radius 2 is 1.44 bits per heavy atom. The lowest BCUT2D eigenvalue weighted by atomic mass is 9.83. The van der Waals surface area contributed by atoms with Gasteiger partial charge in [0, 0.05) is 36.7 Å². The number of rotatable bonds is 14. The highest BCUT2D eigenvalue weighted by Crippen LogP contribution is 2.40. The number of anilines is 1. The monoisotopic (exact) mass is 762 g/mol. The minimum atomic E-state index is -0.448. The average Bonchev–Trinajstić information content (AvgIpc) is 3.22. The van der Waals surface area contributed by atoms with Crippen molar-refractivity contribution in [3.8, 4) is 5.88 Å². The van der Waals surface area contributed by atoms with Crippen LogP contribution in [0.2, 0.25) is 0 Å². The fourth-order valence-electron chi connectivity index (χ4n) is 8.13. The predicted octanol–water partition coefficient (Wildman–Crippen LogP) is 11.9. The molecule has 0 saturated heterocycles. The molecule has 0 saturated carbocycles. The molecule has 0 fully saturated rings. The zero-order valence-corrected chi connectivity index (χ0v) is 34.9. The van der Waals surface area contributed by atoms with Gasteiger partial charge in [0.05, 0.1) is 5.69 Å². The molecule has 1 aliphatic rings. The number of unbranched alkanes of at least 4 members (excludes halogenated alkanes) is 2. The number of aliphatic imine (C=N–C) groups is 1. The first-order valence-corrected chi connectivity index (χ1v) is 20.7. The molecular formula is C50H58N4O3. The summed E-state index contributed by atoms with van der Waals surface area (Å²) >= 11 is 0. The third-order valence-corrected chi connectivity index (χ3v) is 11.4. The molecule has 0 aliphatic heterocycles. The maximum atomic E-state index is 14.5. The van der Waals surface area contributed by atoms with Crippen molar-refractivity contribution < 1.29 is 5.11 Å². The SMILES string of the molecule is CCCCn1c(O)c(C2=C(/C=C/C(C)=Nc3ccc4ccccc4c3C)CCC/C2=C\C=C(/C)N(CC)c2ccc3ccccc3c2C)c(=O)n(CCCC)c1=O. The van der Waals surface area contributed by atoms with Gasteiger partial charge in [0.1, 0.15) is 5.56 Å². The van der Waals surface area contributed by atoms with Crippen LogP contribution in [-0.2, 0) is 13.1 Å². The van der Waals surface area contributed by atoms with Crippen molar-refractivity contribution >= 4 is 44.2 Å². The van der Waals surface area contributed by atoms with Gasteiger partial charge in [-0.25, -0.2) is 4.79 Å². The van der Waals surface area contributed by atoms with E-state index in [1.165, 1.54) is 36.2 Å². The number of hydrogen-bond donors (Lipinski definition) is 1. The van der Waals surface area contributed by atoms with Crippen molar-refractivity contribution in [2.24, 2.45) is 4.99 Å². The van der Waals surface area contributed by atoms with Gasteiger partial charge in [0.2, 0.25) is 5.88 Å². The van der Waals surface area contributed by atoms with Gasteiger partial charge in [0.15, 0.2) is 0 Å². The predicted molar refractivity (Wildman–Crippen MR) is 241 cm³/mol. The smallest absolute Gasteiger partial charge is 0.333 e. The van der Waals surface area contributed by atoms with E-state index in [9.17, 15) is 14.7 Å². The number of fused-ring (bicyclic) bond motifs is 2. The number of benzene rings is 4. The van der Waals surface area contributed by atoms with E-state index in [4.69, 9.17) is 4.99 Å². The molecule has 0 unspecified atom stereocenters. The van der Waals surface area contributed by atoms with Crippen LogP contribution in [0.3, 0.4) is 0 Å². The second-order valence-electron chi connectivity index (χ2n) is 15.2. The summed E-state index contributed by atoms with van der Waals surface area (Å²) in [5.74, 6) is -0.250. The average molecular weight is 763 g/mol. The third-order valence-electron chi connectivity index (χ3n) is 11.4. The number of aryl methyl sites for hydroxylation is 2. The van der Waals surface area contributed by atoms with E-state index < -0.39 is 11.2 Å². The Kier molecular flexibility index (Phi) is 13.3. The first-order chi connectivity index (χ1) is 27.6. The van der Waals surface area contributed by atoms with Crippen molar-refractivity contribution in [1.29, 1.82) is 0 Å². The van der Waals surface area contributed by atoms with Gasteiger partial charge < -0.3 is 10.0 Å². The molecule has 0 bridgehead atoms. The molecule has 1 aliphatic carbocycles. The summed E-state index contributed by atoms with van der Waals surface area (Å²) in [4.78, 5) is 35.6. The van der Waals surface area contributed by atoms with Gasteiger partial charge >= 0.3 is 5.69 Å². The van der Waals surface area contributed by atoms with Crippen LogP contribution in [0.5, 0.6) is 5.88 Å². The van der Waals surface area contributed by atoms with Crippen molar-refractivity contribution in [1.82, 2.24) is 9.13 Å². The number of aromatic hydroxyl groups is 1. The summed E-state index contributed by atoms with van der Waals surface area (Å²) in [5.41, 5.74) is 8.24. The van der Waals surface area contributed by atoms with Crippen molar-refractivity contribution in [3.05, 3.63) is 151 Å². The quantitative estimate of drug-likeness (QED) is 0.114. The lowest BCUT2D eigenvalue weighted by Gasteiger charge is -2.27. The van der Waals surface area contributed by atoms with Gasteiger partial charge in [-0.05, 0) is 140 Å². The lowest BCUT2D eigenvalue weighted by molar-refractivity contribution is 0.380. The van der Waals surface area contributed by atoms with Gasteiger partial charge in [-0.1, -0.05) is 99.5 Å². The minimum Gasteiger partial charge on any atom is -0.494 e. The second kappa shape index (κ2) is 18.5. The van der Waals surface area contributed by atoms with Crippen LogP contribution >= 0.6 is 0 Å². The molecule has 0 radical (unpaired) electrons. The van der Waals surface area contributed by atoms with Crippen molar-refractivity contribution in [2.75, 3.05) is 11.4 Å². The zero-order valence-electron chi connectivity index (χ0n) is 34.9. The fraction of sp³-hybridized carbons (Fsp3) is 0.340. The molecule has 4 aromatic carbocycles. The van der Waals surface area contributed by atoms with Gasteiger partial charge in [0.25, 0.3) is 5.56 Å². The first kappa shape index (κ1) is 41.0. The number of allylic oxidation sites excluding steroid dienone is 8. The molecule has 6 rings (SSSR count). The summed E-state index contributed by atoms with van der Waals surface area (Å²) < 4.78 is 2.75. The van der Waals surface area contributed by atoms with Gasteiger partial charge in [-0.15, -0.1) is 0 Å². The number of hydrogen-bond acceptors (Lipinski definition) is 5. The van der Waals surface area contributed by atoms with Crippen molar-refractivity contribution in [3.63, 3.8) is 0 Å². The molecule has 1 aromatic heterocycles. The fourth-order valence-corrected chi connectivity index (χ4v) is 8.13. The van der Waals surface area contributed by atoms with Crippen LogP contribution in [0.25, 0.3) is 27.1 Å². The standard InChI is InChI=1S/C50H58N4O3/c1-8-11-32-53-48(55)47(49(56)54(50(53)57)33-12-9-2)46-40(26-24-34(4)51-44-30-28-38-18-13-15-22-42(38)36(44)6)20-17-21-41(46)27-25-35(5)52(10-3)45-31-29-39-19-14-16-23-43(39)37(45)7/h13-16,18-19,22-31,55H,8-12,17,20-21,32-33H2,1-7H3/b26-24+,35-25+,41-27+,51-34?. The minimum absolute atomic E-state index is 0.205. The maximum absolute atomic E-state index is 14.5. The highest BCUT2D eigenvalue weighted by atomic mass is 16.3. The van der Waals surface area contributed by atoms with Crippen LogP contribution < -0.4 is 16.1 Å². The Labute approximate surface area is 337 Å². The van der Waals surface area contributed by atoms with Gasteiger partial charge in [-0.2, -0.15) is 0 Å². The van der Waals surface area contributed by atoms with E-state index in [1.54, 1.807) is 0 Å². The molecular weight excluding hydrogens is 705 g/mol. The van der Waals surface area contributed by atoms with E-state index in [-0.39, 0.29) is 11.4 Å². The van der Waals surface area contributed by atoms with Crippen molar-refractivity contribution in [2.45, 2.75) is 107 Å². The van der Waals surface area contributed by atoms with E-state index in [0.717, 1.165) is 71.7 Å². The second-order valence-corrected chi connectivity index (χ2v) is 15.2. The molecule has 0 atom stereocenters. The van der Waals surface area contributed by atoms with Crippen LogP contribution in [-0.4, -0.2) is 26.5 Å². The summed E-state index contributed by atoms with van der Waals surface area (Å²) in [5, 5.41) is 16.8. The normalized spacial score (nSPS) is 14.8. The Bertz CT molecular complexity index is 2560. The summed E-state index contributed by atoms with van der Waals surface area (Å²) in [6, 6.07) is 25.4. The Balaban J connectivity index is 1.51. The van der Waals surface area contributed by atoms with E-state index in [1.807, 2.05) is 26.0 Å². The van der Waals surface area contributed by atoms with E-state index >= 15 is 0 Å². The molecule has 57 heavy (non-hydrogen) atoms. The summed E-state index contributed by atoms with van der Waals surface area (Å²) in [7, 11) is 0. The summed E-state index contributed by atoms with van der Waals surface area (Å²) in [6.07, 6.45) is 13.7. The van der Waals surface area contributed by atoms with Crippen LogP contribution in [0.15, 0.2) is 129 Å². The Morgan fingerprint density at radius 3 is 2.11 bits per heavy atom. The Hall–Kier alpha value is -5.69. The van der Waals surface area contributed by atoms with E-state index in [2.05, 4.69) is 124 Å². The molecule has 0 amide bonds. The topological polar surface area (TPSA) is 79.8 Å². The molecule has 5 aromatic rings. The Morgan fingerprint density at radius 1 is 0.807 bits per heavy atom. The first-order valence-electron chi connectivity index (χ1n) is 20.7. The zero-order chi connectivity index (χ0) is 40.6. The van der Waals surface area contributed by atoms with Crippen LogP contribution in [0, 0.1) is 13.8 Å². The molecule has 0 spiro atoms. The molecule has 1 heterocycles. The third kappa shape index (κ3) is 8.68. The lowest BCUT2D eigenvalue weighted by Crippen LogP contribution is -2.41. The number of nitrogens with zero attached hydrogens (tertiary/aromatic N) is 4. The van der Waals surface area contributed by atoms with E-state index in [0.29, 0.717) is 37.9 Å². The van der Waals surface area contributed by atoms with Gasteiger partial charge in [-0.3, -0.25) is 18.9 Å².